The first-order valence-electron chi connectivity index (χ1n) is 8.43. The number of aryl methyl sites for hydroxylation is 1. The lowest BCUT2D eigenvalue weighted by Crippen LogP contribution is -2.23. The van der Waals surface area contributed by atoms with E-state index in [-0.39, 0.29) is 5.91 Å². The van der Waals surface area contributed by atoms with Crippen LogP contribution in [0.2, 0.25) is 0 Å². The number of hydrogen-bond donors (Lipinski definition) is 1. The van der Waals surface area contributed by atoms with Crippen molar-refractivity contribution in [2.75, 3.05) is 11.9 Å². The second kappa shape index (κ2) is 5.88. The fraction of sp³-hybridized carbons (Fsp3) is 0.368. The average molecular weight is 386 g/mol. The second-order valence-electron chi connectivity index (χ2n) is 6.61. The molecule has 1 saturated carbocycles. The highest BCUT2D eigenvalue weighted by atomic mass is 79.9. The summed E-state index contributed by atoms with van der Waals surface area (Å²) in [7, 11) is 0. The maximum atomic E-state index is 12.3. The molecule has 1 fully saturated rings. The van der Waals surface area contributed by atoms with Crippen LogP contribution >= 0.6 is 15.9 Å². The van der Waals surface area contributed by atoms with Crippen molar-refractivity contribution in [3.05, 3.63) is 51.1 Å². The highest BCUT2D eigenvalue weighted by molar-refractivity contribution is 9.10. The van der Waals surface area contributed by atoms with E-state index in [2.05, 4.69) is 45.3 Å². The third-order valence-corrected chi connectivity index (χ3v) is 5.68. The number of fused-ring (bicyclic) bond motifs is 1. The zero-order chi connectivity index (χ0) is 16.8. The number of amides is 1. The van der Waals surface area contributed by atoms with Crippen LogP contribution in [0.3, 0.4) is 0 Å². The lowest BCUT2D eigenvalue weighted by Gasteiger charge is -2.14. The van der Waals surface area contributed by atoms with E-state index in [1.165, 1.54) is 24.0 Å². The lowest BCUT2D eigenvalue weighted by atomic mass is 10.1. The van der Waals surface area contributed by atoms with Gasteiger partial charge >= 0.3 is 0 Å². The van der Waals surface area contributed by atoms with E-state index in [0.29, 0.717) is 18.2 Å². The van der Waals surface area contributed by atoms with Crippen LogP contribution in [0.15, 0.2) is 28.7 Å². The molecule has 0 unspecified atom stereocenters. The van der Waals surface area contributed by atoms with Crippen molar-refractivity contribution in [3.8, 4) is 0 Å². The maximum absolute atomic E-state index is 12.3. The van der Waals surface area contributed by atoms with Gasteiger partial charge in [-0.2, -0.15) is 0 Å². The molecule has 1 aromatic carbocycles. The summed E-state index contributed by atoms with van der Waals surface area (Å²) in [5.41, 5.74) is 5.22. The molecule has 1 N–H and O–H groups in total. The standard InChI is InChI=1S/C19H20BrN3O/c1-3-23-10-13-6-7-17(22-18(13)19(23)24)21-16-8-11(2)15(20)9-14(16)12-4-5-12/h6-9,12H,3-5,10H2,1-2H3,(H,21,22). The van der Waals surface area contributed by atoms with Crippen LogP contribution in [0.25, 0.3) is 0 Å². The minimum Gasteiger partial charge on any atom is -0.340 e. The predicted octanol–water partition coefficient (Wildman–Crippen LogP) is 4.75. The van der Waals surface area contributed by atoms with Gasteiger partial charge in [-0.05, 0) is 61.9 Å². The number of rotatable bonds is 4. The zero-order valence-corrected chi connectivity index (χ0v) is 15.5. The van der Waals surface area contributed by atoms with Gasteiger partial charge in [-0.25, -0.2) is 4.98 Å². The Morgan fingerprint density at radius 2 is 2.12 bits per heavy atom. The summed E-state index contributed by atoms with van der Waals surface area (Å²) in [6, 6.07) is 8.36. The molecule has 4 nitrogen and oxygen atoms in total. The van der Waals surface area contributed by atoms with E-state index in [9.17, 15) is 4.79 Å². The van der Waals surface area contributed by atoms with Gasteiger partial charge in [0.1, 0.15) is 11.5 Å². The summed E-state index contributed by atoms with van der Waals surface area (Å²) in [5.74, 6) is 1.41. The number of carbonyl (C=O) groups excluding carboxylic acids is 1. The van der Waals surface area contributed by atoms with Gasteiger partial charge < -0.3 is 10.2 Å². The van der Waals surface area contributed by atoms with E-state index in [1.807, 2.05) is 24.0 Å². The Balaban J connectivity index is 1.67. The molecule has 2 heterocycles. The number of nitrogens with zero attached hydrogens (tertiary/aromatic N) is 2. The highest BCUT2D eigenvalue weighted by Crippen LogP contribution is 2.45. The quantitative estimate of drug-likeness (QED) is 0.825. The van der Waals surface area contributed by atoms with Crippen molar-refractivity contribution in [1.82, 2.24) is 9.88 Å². The molecule has 24 heavy (non-hydrogen) atoms. The Kier molecular flexibility index (Phi) is 3.83. The molecule has 0 atom stereocenters. The summed E-state index contributed by atoms with van der Waals surface area (Å²) >= 11 is 3.63. The Bertz CT molecular complexity index is 830. The topological polar surface area (TPSA) is 45.2 Å². The van der Waals surface area contributed by atoms with Gasteiger partial charge in [-0.3, -0.25) is 4.79 Å². The number of nitrogens with one attached hydrogen (secondary N) is 1. The molecule has 1 aliphatic heterocycles. The molecule has 2 aliphatic rings. The Labute approximate surface area is 150 Å². The fourth-order valence-electron chi connectivity index (χ4n) is 3.23. The normalized spacial score (nSPS) is 16.5. The first-order valence-corrected chi connectivity index (χ1v) is 9.22. The number of halogens is 1. The van der Waals surface area contributed by atoms with Gasteiger partial charge in [0.05, 0.1) is 0 Å². The minimum absolute atomic E-state index is 0.0329. The largest absolute Gasteiger partial charge is 0.340 e. The molecular formula is C19H20BrN3O. The van der Waals surface area contributed by atoms with Gasteiger partial charge in [-0.1, -0.05) is 22.0 Å². The molecule has 124 valence electrons. The smallest absolute Gasteiger partial charge is 0.273 e. The molecule has 0 bridgehead atoms. The number of benzene rings is 1. The minimum atomic E-state index is 0.0329. The third-order valence-electron chi connectivity index (χ3n) is 4.82. The third kappa shape index (κ3) is 2.71. The van der Waals surface area contributed by atoms with Gasteiger partial charge in [0.25, 0.3) is 5.91 Å². The second-order valence-corrected chi connectivity index (χ2v) is 7.47. The Hall–Kier alpha value is -1.88. The number of hydrogen-bond acceptors (Lipinski definition) is 3. The molecule has 1 aliphatic carbocycles. The number of anilines is 2. The van der Waals surface area contributed by atoms with Crippen LogP contribution < -0.4 is 5.32 Å². The summed E-state index contributed by atoms with van der Waals surface area (Å²) in [4.78, 5) is 18.8. The fourth-order valence-corrected chi connectivity index (χ4v) is 3.59. The summed E-state index contributed by atoms with van der Waals surface area (Å²) in [5, 5.41) is 3.44. The van der Waals surface area contributed by atoms with Crippen molar-refractivity contribution in [1.29, 1.82) is 0 Å². The van der Waals surface area contributed by atoms with Crippen LogP contribution in [0, 0.1) is 6.92 Å². The molecule has 0 saturated heterocycles. The van der Waals surface area contributed by atoms with Crippen molar-refractivity contribution < 1.29 is 4.79 Å². The molecule has 1 aromatic heterocycles. The molecule has 5 heteroatoms. The van der Waals surface area contributed by atoms with Crippen LogP contribution in [-0.4, -0.2) is 22.3 Å². The summed E-state index contributed by atoms with van der Waals surface area (Å²) < 4.78 is 1.14. The molecule has 0 radical (unpaired) electrons. The lowest BCUT2D eigenvalue weighted by molar-refractivity contribution is 0.0783. The Morgan fingerprint density at radius 3 is 2.83 bits per heavy atom. The van der Waals surface area contributed by atoms with Crippen molar-refractivity contribution in [2.45, 2.75) is 39.2 Å². The monoisotopic (exact) mass is 385 g/mol. The molecule has 0 spiro atoms. The van der Waals surface area contributed by atoms with Crippen LogP contribution in [0.5, 0.6) is 0 Å². The molecule has 2 aromatic rings. The van der Waals surface area contributed by atoms with Gasteiger partial charge in [0.2, 0.25) is 0 Å². The number of carbonyl (C=O) groups is 1. The van der Waals surface area contributed by atoms with Gasteiger partial charge in [-0.15, -0.1) is 0 Å². The molecule has 1 amide bonds. The van der Waals surface area contributed by atoms with Crippen LogP contribution in [-0.2, 0) is 6.54 Å². The SMILES string of the molecule is CCN1Cc2ccc(Nc3cc(C)c(Br)cc3C3CC3)nc2C1=O. The summed E-state index contributed by atoms with van der Waals surface area (Å²) in [6.45, 7) is 5.47. The van der Waals surface area contributed by atoms with Gasteiger partial charge in [0, 0.05) is 28.8 Å². The molecule has 4 rings (SSSR count). The van der Waals surface area contributed by atoms with Crippen molar-refractivity contribution in [2.24, 2.45) is 0 Å². The number of pyridine rings is 1. The highest BCUT2D eigenvalue weighted by Gasteiger charge is 2.29. The van der Waals surface area contributed by atoms with E-state index < -0.39 is 0 Å². The predicted molar refractivity (Wildman–Crippen MR) is 98.8 cm³/mol. The van der Waals surface area contributed by atoms with Crippen molar-refractivity contribution in [3.63, 3.8) is 0 Å². The van der Waals surface area contributed by atoms with Gasteiger partial charge in [0.15, 0.2) is 0 Å². The molecular weight excluding hydrogens is 366 g/mol. The maximum Gasteiger partial charge on any atom is 0.273 e. The average Bonchev–Trinajstić information content (AvgIpc) is 3.36. The van der Waals surface area contributed by atoms with E-state index >= 15 is 0 Å². The van der Waals surface area contributed by atoms with Crippen LogP contribution in [0.4, 0.5) is 11.5 Å². The number of aromatic nitrogens is 1. The Morgan fingerprint density at radius 1 is 1.33 bits per heavy atom. The van der Waals surface area contributed by atoms with E-state index in [0.717, 1.165) is 28.1 Å². The van der Waals surface area contributed by atoms with E-state index in [1.54, 1.807) is 0 Å². The first-order chi connectivity index (χ1) is 11.6. The summed E-state index contributed by atoms with van der Waals surface area (Å²) in [6.07, 6.45) is 2.48. The first kappa shape index (κ1) is 15.6. The van der Waals surface area contributed by atoms with Crippen LogP contribution in [0.1, 0.15) is 52.9 Å². The zero-order valence-electron chi connectivity index (χ0n) is 13.9. The van der Waals surface area contributed by atoms with Crippen molar-refractivity contribution >= 4 is 33.3 Å². The van der Waals surface area contributed by atoms with E-state index in [4.69, 9.17) is 0 Å².